The average molecular weight is 281 g/mol. The van der Waals surface area contributed by atoms with Crippen LogP contribution in [0.15, 0.2) is 0 Å². The second-order valence-corrected chi connectivity index (χ2v) is 6.74. The molecule has 2 fully saturated rings. The number of amides is 2. The average Bonchev–Trinajstić information content (AvgIpc) is 2.95. The highest BCUT2D eigenvalue weighted by Crippen LogP contribution is 2.35. The molecule has 1 heterocycles. The topological polar surface area (TPSA) is 49.6 Å². The van der Waals surface area contributed by atoms with E-state index in [-0.39, 0.29) is 11.6 Å². The lowest BCUT2D eigenvalue weighted by Crippen LogP contribution is -2.59. The molecule has 0 aromatic rings. The van der Waals surface area contributed by atoms with E-state index in [4.69, 9.17) is 5.73 Å². The fourth-order valence-corrected chi connectivity index (χ4v) is 3.75. The summed E-state index contributed by atoms with van der Waals surface area (Å²) in [7, 11) is 0. The molecule has 116 valence electrons. The summed E-state index contributed by atoms with van der Waals surface area (Å²) in [6, 6.07) is 0.242. The van der Waals surface area contributed by atoms with Crippen molar-refractivity contribution in [2.45, 2.75) is 64.3 Å². The van der Waals surface area contributed by atoms with Crippen molar-refractivity contribution in [2.24, 2.45) is 11.7 Å². The van der Waals surface area contributed by atoms with Crippen molar-refractivity contribution in [1.29, 1.82) is 0 Å². The Bertz CT molecular complexity index is 318. The van der Waals surface area contributed by atoms with Gasteiger partial charge in [-0.2, -0.15) is 0 Å². The van der Waals surface area contributed by atoms with Gasteiger partial charge in [0.2, 0.25) is 0 Å². The van der Waals surface area contributed by atoms with Gasteiger partial charge in [-0.1, -0.05) is 26.7 Å². The molecule has 0 spiro atoms. The van der Waals surface area contributed by atoms with Crippen LogP contribution in [0.4, 0.5) is 4.79 Å². The molecule has 0 radical (unpaired) electrons. The standard InChI is InChI=1S/C16H31N3O/c1-3-10-19(16(13-17)8-4-5-9-16)15(20)18-11-6-14(2)7-12-18/h14H,3-13,17H2,1-2H3. The van der Waals surface area contributed by atoms with Crippen molar-refractivity contribution < 1.29 is 4.79 Å². The van der Waals surface area contributed by atoms with Crippen molar-refractivity contribution in [1.82, 2.24) is 9.80 Å². The molecule has 20 heavy (non-hydrogen) atoms. The van der Waals surface area contributed by atoms with Gasteiger partial charge in [-0.05, 0) is 38.0 Å². The number of likely N-dealkylation sites (tertiary alicyclic amines) is 1. The molecule has 4 heteroatoms. The molecule has 0 atom stereocenters. The number of rotatable bonds is 4. The molecule has 4 nitrogen and oxygen atoms in total. The van der Waals surface area contributed by atoms with E-state index < -0.39 is 0 Å². The quantitative estimate of drug-likeness (QED) is 0.861. The Labute approximate surface area is 123 Å². The summed E-state index contributed by atoms with van der Waals surface area (Å²) in [6.45, 7) is 7.73. The Balaban J connectivity index is 2.09. The largest absolute Gasteiger partial charge is 0.328 e. The van der Waals surface area contributed by atoms with Crippen LogP contribution in [0.2, 0.25) is 0 Å². The van der Waals surface area contributed by atoms with Crippen LogP contribution in [0.5, 0.6) is 0 Å². The molecule has 2 amide bonds. The van der Waals surface area contributed by atoms with Gasteiger partial charge in [0.05, 0.1) is 5.54 Å². The molecule has 0 aromatic heterocycles. The van der Waals surface area contributed by atoms with Gasteiger partial charge in [0.15, 0.2) is 0 Å². The van der Waals surface area contributed by atoms with E-state index in [0.717, 1.165) is 57.7 Å². The monoisotopic (exact) mass is 281 g/mol. The highest BCUT2D eigenvalue weighted by Gasteiger charge is 2.42. The lowest BCUT2D eigenvalue weighted by atomic mass is 9.94. The Morgan fingerprint density at radius 3 is 2.40 bits per heavy atom. The fraction of sp³-hybridized carbons (Fsp3) is 0.938. The van der Waals surface area contributed by atoms with Crippen LogP contribution >= 0.6 is 0 Å². The van der Waals surface area contributed by atoms with Crippen molar-refractivity contribution >= 4 is 6.03 Å². The molecule has 1 saturated heterocycles. The zero-order valence-corrected chi connectivity index (χ0v) is 13.2. The minimum Gasteiger partial charge on any atom is -0.328 e. The van der Waals surface area contributed by atoms with E-state index in [9.17, 15) is 4.79 Å². The van der Waals surface area contributed by atoms with Crippen molar-refractivity contribution in [3.05, 3.63) is 0 Å². The normalized spacial score (nSPS) is 23.1. The summed E-state index contributed by atoms with van der Waals surface area (Å²) >= 11 is 0. The Morgan fingerprint density at radius 1 is 1.30 bits per heavy atom. The molecule has 2 aliphatic rings. The van der Waals surface area contributed by atoms with E-state index >= 15 is 0 Å². The first-order chi connectivity index (χ1) is 9.63. The van der Waals surface area contributed by atoms with E-state index in [0.29, 0.717) is 6.54 Å². The molecule has 0 bridgehead atoms. The first-order valence-corrected chi connectivity index (χ1v) is 8.39. The highest BCUT2D eigenvalue weighted by molar-refractivity contribution is 5.75. The third kappa shape index (κ3) is 3.11. The first-order valence-electron chi connectivity index (χ1n) is 8.39. The van der Waals surface area contributed by atoms with Gasteiger partial charge in [0.1, 0.15) is 0 Å². The highest BCUT2D eigenvalue weighted by atomic mass is 16.2. The Kier molecular flexibility index (Phi) is 5.30. The van der Waals surface area contributed by atoms with Crippen molar-refractivity contribution in [3.8, 4) is 0 Å². The van der Waals surface area contributed by atoms with E-state index in [2.05, 4.69) is 23.6 Å². The molecular formula is C16H31N3O. The van der Waals surface area contributed by atoms with E-state index in [1.807, 2.05) is 0 Å². The summed E-state index contributed by atoms with van der Waals surface area (Å²) in [5.41, 5.74) is 6.02. The van der Waals surface area contributed by atoms with Gasteiger partial charge in [0.25, 0.3) is 0 Å². The van der Waals surface area contributed by atoms with Crippen LogP contribution in [0, 0.1) is 5.92 Å². The lowest BCUT2D eigenvalue weighted by Gasteiger charge is -2.44. The molecule has 2 N–H and O–H groups in total. The SMILES string of the molecule is CCCN(C(=O)N1CCC(C)CC1)C1(CN)CCCC1. The molecule has 1 saturated carbocycles. The van der Waals surface area contributed by atoms with Crippen molar-refractivity contribution in [2.75, 3.05) is 26.2 Å². The van der Waals surface area contributed by atoms with Gasteiger partial charge in [-0.3, -0.25) is 0 Å². The predicted molar refractivity (Wildman–Crippen MR) is 82.6 cm³/mol. The Hall–Kier alpha value is -0.770. The lowest BCUT2D eigenvalue weighted by molar-refractivity contribution is 0.0801. The molecule has 0 aromatic carbocycles. The summed E-state index contributed by atoms with van der Waals surface area (Å²) in [6.07, 6.45) is 7.88. The van der Waals surface area contributed by atoms with Gasteiger partial charge in [-0.25, -0.2) is 4.79 Å². The number of carbonyl (C=O) groups excluding carboxylic acids is 1. The molecular weight excluding hydrogens is 250 g/mol. The number of hydrogen-bond donors (Lipinski definition) is 1. The number of piperidine rings is 1. The number of hydrogen-bond acceptors (Lipinski definition) is 2. The van der Waals surface area contributed by atoms with Crippen molar-refractivity contribution in [3.63, 3.8) is 0 Å². The third-order valence-corrected chi connectivity index (χ3v) is 5.22. The number of nitrogens with two attached hydrogens (primary N) is 1. The minimum atomic E-state index is -0.0594. The molecule has 2 rings (SSSR count). The van der Waals surface area contributed by atoms with Crippen LogP contribution in [0.25, 0.3) is 0 Å². The maximum absolute atomic E-state index is 12.9. The first kappa shape index (κ1) is 15.6. The van der Waals surface area contributed by atoms with E-state index in [1.165, 1.54) is 12.8 Å². The van der Waals surface area contributed by atoms with Crippen LogP contribution in [-0.4, -0.2) is 47.5 Å². The van der Waals surface area contributed by atoms with Gasteiger partial charge >= 0.3 is 6.03 Å². The number of urea groups is 1. The number of nitrogens with zero attached hydrogens (tertiary/aromatic N) is 2. The molecule has 1 aliphatic carbocycles. The van der Waals surface area contributed by atoms with E-state index in [1.54, 1.807) is 0 Å². The second kappa shape index (κ2) is 6.79. The van der Waals surface area contributed by atoms with Gasteiger partial charge in [-0.15, -0.1) is 0 Å². The summed E-state index contributed by atoms with van der Waals surface area (Å²) in [4.78, 5) is 17.1. The summed E-state index contributed by atoms with van der Waals surface area (Å²) < 4.78 is 0. The van der Waals surface area contributed by atoms with Crippen LogP contribution in [0.1, 0.15) is 58.8 Å². The summed E-state index contributed by atoms with van der Waals surface area (Å²) in [5.74, 6) is 0.758. The predicted octanol–water partition coefficient (Wildman–Crippen LogP) is 2.82. The maximum Gasteiger partial charge on any atom is 0.320 e. The fourth-order valence-electron chi connectivity index (χ4n) is 3.75. The van der Waals surface area contributed by atoms with Crippen LogP contribution in [0.3, 0.4) is 0 Å². The number of carbonyl (C=O) groups is 1. The van der Waals surface area contributed by atoms with Crippen LogP contribution in [-0.2, 0) is 0 Å². The molecule has 1 aliphatic heterocycles. The van der Waals surface area contributed by atoms with Crippen LogP contribution < -0.4 is 5.73 Å². The van der Waals surface area contributed by atoms with Gasteiger partial charge in [0, 0.05) is 26.2 Å². The minimum absolute atomic E-state index is 0.0594. The van der Waals surface area contributed by atoms with Gasteiger partial charge < -0.3 is 15.5 Å². The Morgan fingerprint density at radius 2 is 1.90 bits per heavy atom. The maximum atomic E-state index is 12.9. The smallest absolute Gasteiger partial charge is 0.320 e. The second-order valence-electron chi connectivity index (χ2n) is 6.74. The zero-order chi connectivity index (χ0) is 14.6. The summed E-state index contributed by atoms with van der Waals surface area (Å²) in [5, 5.41) is 0. The molecule has 0 unspecified atom stereocenters. The zero-order valence-electron chi connectivity index (χ0n) is 13.2. The third-order valence-electron chi connectivity index (χ3n) is 5.22.